The molecule has 0 spiro atoms. The minimum Gasteiger partial charge on any atom is -0.479 e. The molecule has 5 atom stereocenters. The Morgan fingerprint density at radius 1 is 1.47 bits per heavy atom. The van der Waals surface area contributed by atoms with Gasteiger partial charge in [0.1, 0.15) is 24.6 Å². The Labute approximate surface area is 97.6 Å². The second kappa shape index (κ2) is 7.30. The first kappa shape index (κ1) is 15.9. The molecule has 0 saturated heterocycles. The number of carbonyl (C=O) groups excluding carboxylic acids is 1. The van der Waals surface area contributed by atoms with E-state index in [0.717, 1.165) is 0 Å². The van der Waals surface area contributed by atoms with E-state index in [2.05, 4.69) is 0 Å². The van der Waals surface area contributed by atoms with Gasteiger partial charge in [0, 0.05) is 0 Å². The van der Waals surface area contributed by atoms with Crippen LogP contribution in [0.15, 0.2) is 0 Å². The fourth-order valence-corrected chi connectivity index (χ4v) is 1.10. The number of aliphatic carboxylic acids is 1. The number of aldehydes is 1. The molecule has 0 aliphatic heterocycles. The monoisotopic (exact) mass is 251 g/mol. The van der Waals surface area contributed by atoms with E-state index in [1.54, 1.807) is 0 Å². The van der Waals surface area contributed by atoms with Gasteiger partial charge in [0.05, 0.1) is 12.6 Å². The number of aliphatic hydroxyl groups is 3. The van der Waals surface area contributed by atoms with Crippen molar-refractivity contribution in [3.63, 3.8) is 0 Å². The minimum absolute atomic E-state index is 0.256. The Morgan fingerprint density at radius 3 is 2.35 bits per heavy atom. The van der Waals surface area contributed by atoms with Gasteiger partial charge in [-0.05, 0) is 6.92 Å². The molecular weight excluding hydrogens is 234 g/mol. The number of carboxylic acids is 1. The molecule has 8 nitrogen and oxygen atoms in total. The summed E-state index contributed by atoms with van der Waals surface area (Å²) in [6.07, 6.45) is -5.71. The summed E-state index contributed by atoms with van der Waals surface area (Å²) in [4.78, 5) is 21.1. The third-order valence-corrected chi connectivity index (χ3v) is 2.16. The summed E-state index contributed by atoms with van der Waals surface area (Å²) in [6, 6.07) is -1.31. The van der Waals surface area contributed by atoms with E-state index in [9.17, 15) is 19.8 Å². The molecule has 6 N–H and O–H groups in total. The zero-order valence-electron chi connectivity index (χ0n) is 9.26. The van der Waals surface area contributed by atoms with Gasteiger partial charge in [-0.15, -0.1) is 0 Å². The summed E-state index contributed by atoms with van der Waals surface area (Å²) in [5, 5.41) is 36.0. The van der Waals surface area contributed by atoms with Crippen LogP contribution in [0.25, 0.3) is 0 Å². The maximum atomic E-state index is 10.6. The first-order valence-electron chi connectivity index (χ1n) is 4.91. The molecule has 0 heterocycles. The van der Waals surface area contributed by atoms with Crippen LogP contribution in [0.1, 0.15) is 6.92 Å². The van der Waals surface area contributed by atoms with Gasteiger partial charge in [0.25, 0.3) is 0 Å². The van der Waals surface area contributed by atoms with E-state index in [1.807, 2.05) is 0 Å². The van der Waals surface area contributed by atoms with Crippen molar-refractivity contribution in [2.75, 3.05) is 6.61 Å². The average molecular weight is 251 g/mol. The number of carboxylic acid groups (broad SMARTS) is 1. The van der Waals surface area contributed by atoms with E-state index in [1.165, 1.54) is 6.92 Å². The van der Waals surface area contributed by atoms with Crippen LogP contribution in [0.3, 0.4) is 0 Å². The Morgan fingerprint density at radius 2 is 2.00 bits per heavy atom. The van der Waals surface area contributed by atoms with Crippen LogP contribution in [0.2, 0.25) is 0 Å². The molecule has 0 amide bonds. The Kier molecular flexibility index (Phi) is 6.85. The second-order valence-corrected chi connectivity index (χ2v) is 3.54. The predicted molar refractivity (Wildman–Crippen MR) is 55.1 cm³/mol. The Hall–Kier alpha value is -1.06. The number of hydrogen-bond acceptors (Lipinski definition) is 7. The summed E-state index contributed by atoms with van der Waals surface area (Å²) in [7, 11) is 0. The molecule has 0 unspecified atom stereocenters. The van der Waals surface area contributed by atoms with Gasteiger partial charge in [0.15, 0.2) is 6.10 Å². The summed E-state index contributed by atoms with van der Waals surface area (Å²) in [6.45, 7) is 0.416. The standard InChI is InChI=1S/C9H17NO7/c1-4(9(15)16)17-8(5(10)2-11)7(14)6(13)3-12/h2,4-8,12-14H,3,10H2,1H3,(H,15,16)/t4-,5+,6+,7+,8+/m0/s1. The number of carbonyl (C=O) groups is 2. The number of hydrogen-bond donors (Lipinski definition) is 5. The van der Waals surface area contributed by atoms with Crippen LogP contribution in [0, 0.1) is 0 Å². The molecule has 0 aliphatic carbocycles. The maximum absolute atomic E-state index is 10.6. The largest absolute Gasteiger partial charge is 0.479 e. The van der Waals surface area contributed by atoms with E-state index < -0.39 is 43.0 Å². The van der Waals surface area contributed by atoms with E-state index >= 15 is 0 Å². The molecule has 0 aromatic heterocycles. The average Bonchev–Trinajstić information content (AvgIpc) is 2.32. The number of aliphatic hydroxyl groups excluding tert-OH is 3. The minimum atomic E-state index is -1.66. The van der Waals surface area contributed by atoms with Crippen LogP contribution >= 0.6 is 0 Å². The lowest BCUT2D eigenvalue weighted by molar-refractivity contribution is -0.166. The van der Waals surface area contributed by atoms with Crippen LogP contribution in [0.5, 0.6) is 0 Å². The van der Waals surface area contributed by atoms with Gasteiger partial charge < -0.3 is 35.7 Å². The van der Waals surface area contributed by atoms with Crippen molar-refractivity contribution in [2.24, 2.45) is 5.73 Å². The Bertz CT molecular complexity index is 260. The van der Waals surface area contributed by atoms with E-state index in [0.29, 0.717) is 0 Å². The van der Waals surface area contributed by atoms with Crippen molar-refractivity contribution in [2.45, 2.75) is 37.4 Å². The van der Waals surface area contributed by atoms with Gasteiger partial charge >= 0.3 is 5.97 Å². The Balaban J connectivity index is 4.75. The highest BCUT2D eigenvalue weighted by atomic mass is 16.5. The fraction of sp³-hybridized carbons (Fsp3) is 0.778. The highest BCUT2D eigenvalue weighted by molar-refractivity contribution is 5.71. The topological polar surface area (TPSA) is 150 Å². The third kappa shape index (κ3) is 4.75. The lowest BCUT2D eigenvalue weighted by Gasteiger charge is -2.29. The molecule has 8 heteroatoms. The fourth-order valence-electron chi connectivity index (χ4n) is 1.10. The van der Waals surface area contributed by atoms with Crippen molar-refractivity contribution in [3.8, 4) is 0 Å². The lowest BCUT2D eigenvalue weighted by atomic mass is 10.0. The third-order valence-electron chi connectivity index (χ3n) is 2.16. The number of nitrogens with two attached hydrogens (primary N) is 1. The van der Waals surface area contributed by atoms with Gasteiger partial charge in [0.2, 0.25) is 0 Å². The molecule has 0 aromatic rings. The molecule has 0 radical (unpaired) electrons. The van der Waals surface area contributed by atoms with Crippen molar-refractivity contribution in [1.82, 2.24) is 0 Å². The zero-order chi connectivity index (χ0) is 13.6. The summed E-state index contributed by atoms with van der Waals surface area (Å²) >= 11 is 0. The molecule has 0 aliphatic rings. The smallest absolute Gasteiger partial charge is 0.332 e. The normalized spacial score (nSPS) is 20.1. The van der Waals surface area contributed by atoms with Crippen LogP contribution < -0.4 is 5.73 Å². The second-order valence-electron chi connectivity index (χ2n) is 3.54. The molecule has 0 rings (SSSR count). The van der Waals surface area contributed by atoms with E-state index in [4.69, 9.17) is 20.7 Å². The zero-order valence-corrected chi connectivity index (χ0v) is 9.26. The van der Waals surface area contributed by atoms with Crippen molar-refractivity contribution < 1.29 is 34.8 Å². The number of ether oxygens (including phenoxy) is 1. The van der Waals surface area contributed by atoms with Gasteiger partial charge in [-0.3, -0.25) is 0 Å². The van der Waals surface area contributed by atoms with Gasteiger partial charge in [-0.1, -0.05) is 0 Å². The molecule has 0 aromatic carbocycles. The highest BCUT2D eigenvalue weighted by Gasteiger charge is 2.34. The van der Waals surface area contributed by atoms with Gasteiger partial charge in [-0.25, -0.2) is 4.79 Å². The first-order valence-corrected chi connectivity index (χ1v) is 4.91. The molecule has 100 valence electrons. The van der Waals surface area contributed by atoms with Gasteiger partial charge in [-0.2, -0.15) is 0 Å². The molecule has 0 saturated carbocycles. The van der Waals surface area contributed by atoms with Crippen molar-refractivity contribution >= 4 is 12.3 Å². The summed E-state index contributed by atoms with van der Waals surface area (Å²) in [5.74, 6) is -1.31. The molecule has 0 bridgehead atoms. The summed E-state index contributed by atoms with van der Waals surface area (Å²) < 4.78 is 4.87. The number of rotatable bonds is 8. The molecular formula is C9H17NO7. The molecule has 0 fully saturated rings. The van der Waals surface area contributed by atoms with Crippen LogP contribution in [-0.4, -0.2) is 69.7 Å². The van der Waals surface area contributed by atoms with Crippen LogP contribution in [0.4, 0.5) is 0 Å². The van der Waals surface area contributed by atoms with Crippen molar-refractivity contribution in [1.29, 1.82) is 0 Å². The predicted octanol–water partition coefficient (Wildman–Crippen LogP) is -2.91. The SMILES string of the molecule is C[C@H](O[C@@H]([C@H](O)[C@H](O)CO)[C@H](N)C=O)C(=O)O. The lowest BCUT2D eigenvalue weighted by Crippen LogP contribution is -2.53. The first-order chi connectivity index (χ1) is 7.84. The van der Waals surface area contributed by atoms with Crippen LogP contribution in [-0.2, 0) is 14.3 Å². The quantitative estimate of drug-likeness (QED) is 0.288. The summed E-state index contributed by atoms with van der Waals surface area (Å²) in [5.41, 5.74) is 5.32. The van der Waals surface area contributed by atoms with E-state index in [-0.39, 0.29) is 6.29 Å². The maximum Gasteiger partial charge on any atom is 0.332 e. The highest BCUT2D eigenvalue weighted by Crippen LogP contribution is 2.10. The van der Waals surface area contributed by atoms with Crippen molar-refractivity contribution in [3.05, 3.63) is 0 Å². The molecule has 17 heavy (non-hydrogen) atoms.